The topological polar surface area (TPSA) is 71.3 Å². The second kappa shape index (κ2) is 6.24. The third kappa shape index (κ3) is 2.99. The zero-order chi connectivity index (χ0) is 16.5. The van der Waals surface area contributed by atoms with Crippen LogP contribution in [0.2, 0.25) is 0 Å². The van der Waals surface area contributed by atoms with Gasteiger partial charge in [0.2, 0.25) is 0 Å². The highest BCUT2D eigenvalue weighted by Gasteiger charge is 2.27. The van der Waals surface area contributed by atoms with Crippen LogP contribution in [0.4, 0.5) is 10.6 Å². The van der Waals surface area contributed by atoms with E-state index in [0.29, 0.717) is 24.0 Å². The van der Waals surface area contributed by atoms with Crippen LogP contribution in [-0.2, 0) is 0 Å². The van der Waals surface area contributed by atoms with Crippen LogP contribution in [-0.4, -0.2) is 34.2 Å². The summed E-state index contributed by atoms with van der Waals surface area (Å²) in [6, 6.07) is 9.75. The average Bonchev–Trinajstić information content (AvgIpc) is 3.21. The molecule has 1 saturated heterocycles. The maximum Gasteiger partial charge on any atom is 0.323 e. The van der Waals surface area contributed by atoms with Gasteiger partial charge < -0.3 is 9.42 Å². The molecular weight excluding hydrogens is 324 g/mol. The van der Waals surface area contributed by atoms with Gasteiger partial charge >= 0.3 is 6.03 Å². The number of hydrogen-bond donors (Lipinski definition) is 1. The molecule has 0 aliphatic carbocycles. The molecule has 0 unspecified atom stereocenters. The molecule has 24 heavy (non-hydrogen) atoms. The van der Waals surface area contributed by atoms with Gasteiger partial charge in [-0.05, 0) is 31.9 Å². The van der Waals surface area contributed by atoms with Crippen molar-refractivity contribution < 1.29 is 9.32 Å². The molecule has 0 bridgehead atoms. The minimum absolute atomic E-state index is 0.130. The highest BCUT2D eigenvalue weighted by atomic mass is 32.1. The van der Waals surface area contributed by atoms with E-state index in [1.807, 2.05) is 23.1 Å². The number of amides is 2. The van der Waals surface area contributed by atoms with Crippen molar-refractivity contribution >= 4 is 33.4 Å². The summed E-state index contributed by atoms with van der Waals surface area (Å²) in [5, 5.41) is 7.73. The standard InChI is InChI=1S/C17H18N4O2S/c1-11-9-15(20-23-11)19-17(22)21-8-4-5-12(10-21)16-18-13-6-2-3-7-14(13)24-16/h2-3,6-7,9,12H,4-5,8,10H2,1H3,(H,19,20,22)/t12-/m0/s1. The molecule has 1 fully saturated rings. The Morgan fingerprint density at radius 1 is 1.42 bits per heavy atom. The number of hydrogen-bond acceptors (Lipinski definition) is 5. The summed E-state index contributed by atoms with van der Waals surface area (Å²) in [4.78, 5) is 19.0. The minimum atomic E-state index is -0.130. The SMILES string of the molecule is Cc1cc(NC(=O)N2CCC[C@H](c3nc4ccccc4s3)C2)no1. The normalized spacial score (nSPS) is 18.0. The van der Waals surface area contributed by atoms with E-state index in [1.54, 1.807) is 24.3 Å². The number of nitrogens with one attached hydrogen (secondary N) is 1. The fraction of sp³-hybridized carbons (Fsp3) is 0.353. The van der Waals surface area contributed by atoms with Crippen molar-refractivity contribution in [3.63, 3.8) is 0 Å². The highest BCUT2D eigenvalue weighted by Crippen LogP contribution is 2.33. The van der Waals surface area contributed by atoms with Crippen LogP contribution in [0.15, 0.2) is 34.9 Å². The van der Waals surface area contributed by atoms with Crippen LogP contribution in [0.5, 0.6) is 0 Å². The molecule has 3 aromatic rings. The van der Waals surface area contributed by atoms with Crippen LogP contribution in [0.25, 0.3) is 10.2 Å². The van der Waals surface area contributed by atoms with Crippen molar-refractivity contribution in [3.8, 4) is 0 Å². The van der Waals surface area contributed by atoms with E-state index in [0.717, 1.165) is 29.9 Å². The summed E-state index contributed by atoms with van der Waals surface area (Å²) in [5.74, 6) is 1.43. The molecule has 2 aromatic heterocycles. The molecule has 7 heteroatoms. The number of aryl methyl sites for hydroxylation is 1. The molecule has 0 spiro atoms. The van der Waals surface area contributed by atoms with Gasteiger partial charge in [-0.25, -0.2) is 9.78 Å². The third-order valence-electron chi connectivity index (χ3n) is 4.23. The van der Waals surface area contributed by atoms with Gasteiger partial charge in [-0.1, -0.05) is 17.3 Å². The molecule has 1 aliphatic rings. The quantitative estimate of drug-likeness (QED) is 0.764. The summed E-state index contributed by atoms with van der Waals surface area (Å²) >= 11 is 1.73. The molecule has 1 aromatic carbocycles. The predicted molar refractivity (Wildman–Crippen MR) is 93.4 cm³/mol. The van der Waals surface area contributed by atoms with E-state index >= 15 is 0 Å². The molecule has 2 amide bonds. The lowest BCUT2D eigenvalue weighted by atomic mass is 9.99. The van der Waals surface area contributed by atoms with Crippen molar-refractivity contribution in [1.29, 1.82) is 0 Å². The van der Waals surface area contributed by atoms with Crippen molar-refractivity contribution in [2.24, 2.45) is 0 Å². The number of para-hydroxylation sites is 1. The van der Waals surface area contributed by atoms with Crippen molar-refractivity contribution in [2.75, 3.05) is 18.4 Å². The Morgan fingerprint density at radius 2 is 2.29 bits per heavy atom. The number of thiazole rings is 1. The van der Waals surface area contributed by atoms with Crippen molar-refractivity contribution in [3.05, 3.63) is 41.1 Å². The number of fused-ring (bicyclic) bond motifs is 1. The van der Waals surface area contributed by atoms with E-state index in [4.69, 9.17) is 9.51 Å². The number of piperidine rings is 1. The third-order valence-corrected chi connectivity index (χ3v) is 5.43. The molecular formula is C17H18N4O2S. The lowest BCUT2D eigenvalue weighted by Crippen LogP contribution is -2.41. The van der Waals surface area contributed by atoms with Crippen molar-refractivity contribution in [1.82, 2.24) is 15.0 Å². The van der Waals surface area contributed by atoms with Gasteiger partial charge in [0.15, 0.2) is 5.82 Å². The number of anilines is 1. The summed E-state index contributed by atoms with van der Waals surface area (Å²) < 4.78 is 6.19. The fourth-order valence-electron chi connectivity index (χ4n) is 3.04. The van der Waals surface area contributed by atoms with Gasteiger partial charge in [0, 0.05) is 25.1 Å². The van der Waals surface area contributed by atoms with Crippen LogP contribution in [0.1, 0.15) is 29.5 Å². The number of urea groups is 1. The first-order chi connectivity index (χ1) is 11.7. The number of nitrogens with zero attached hydrogens (tertiary/aromatic N) is 3. The van der Waals surface area contributed by atoms with E-state index < -0.39 is 0 Å². The van der Waals surface area contributed by atoms with E-state index in [-0.39, 0.29) is 6.03 Å². The van der Waals surface area contributed by atoms with Gasteiger partial charge in [-0.3, -0.25) is 5.32 Å². The maximum absolute atomic E-state index is 12.4. The van der Waals surface area contributed by atoms with E-state index in [2.05, 4.69) is 16.5 Å². The fourth-order valence-corrected chi connectivity index (χ4v) is 4.13. The number of carbonyl (C=O) groups is 1. The Hall–Kier alpha value is -2.41. The first-order valence-corrected chi connectivity index (χ1v) is 8.85. The van der Waals surface area contributed by atoms with Crippen LogP contribution in [0.3, 0.4) is 0 Å². The monoisotopic (exact) mass is 342 g/mol. The Bertz CT molecular complexity index is 839. The summed E-state index contributed by atoms with van der Waals surface area (Å²) in [5.41, 5.74) is 1.04. The van der Waals surface area contributed by atoms with E-state index in [9.17, 15) is 4.79 Å². The Labute approximate surface area is 143 Å². The number of aromatic nitrogens is 2. The highest BCUT2D eigenvalue weighted by molar-refractivity contribution is 7.18. The van der Waals surface area contributed by atoms with Crippen molar-refractivity contribution in [2.45, 2.75) is 25.7 Å². The Morgan fingerprint density at radius 3 is 3.08 bits per heavy atom. The number of carbonyl (C=O) groups excluding carboxylic acids is 1. The molecule has 0 radical (unpaired) electrons. The smallest absolute Gasteiger partial charge is 0.323 e. The molecule has 3 heterocycles. The molecule has 124 valence electrons. The van der Waals surface area contributed by atoms with Gasteiger partial charge in [0.05, 0.1) is 15.2 Å². The Balaban J connectivity index is 1.47. The molecule has 0 saturated carbocycles. The zero-order valence-corrected chi connectivity index (χ0v) is 14.2. The molecule has 1 N–H and O–H groups in total. The van der Waals surface area contributed by atoms with Crippen LogP contribution >= 0.6 is 11.3 Å². The minimum Gasteiger partial charge on any atom is -0.360 e. The summed E-state index contributed by atoms with van der Waals surface area (Å²) in [7, 11) is 0. The summed E-state index contributed by atoms with van der Waals surface area (Å²) in [6.07, 6.45) is 2.04. The van der Waals surface area contributed by atoms with Crippen LogP contribution < -0.4 is 5.32 Å². The molecule has 6 nitrogen and oxygen atoms in total. The largest absolute Gasteiger partial charge is 0.360 e. The number of benzene rings is 1. The Kier molecular flexibility index (Phi) is 3.93. The number of rotatable bonds is 2. The second-order valence-electron chi connectivity index (χ2n) is 6.06. The van der Waals surface area contributed by atoms with E-state index in [1.165, 1.54) is 4.70 Å². The molecule has 1 atom stereocenters. The predicted octanol–water partition coefficient (Wildman–Crippen LogP) is 4.00. The summed E-state index contributed by atoms with van der Waals surface area (Å²) in [6.45, 7) is 3.24. The first-order valence-electron chi connectivity index (χ1n) is 8.04. The second-order valence-corrected chi connectivity index (χ2v) is 7.12. The lowest BCUT2D eigenvalue weighted by Gasteiger charge is -2.31. The maximum atomic E-state index is 12.4. The van der Waals surface area contributed by atoms with Gasteiger partial charge in [0.25, 0.3) is 0 Å². The molecule has 1 aliphatic heterocycles. The van der Waals surface area contributed by atoms with Gasteiger partial charge in [-0.15, -0.1) is 11.3 Å². The first kappa shape index (κ1) is 15.1. The average molecular weight is 342 g/mol. The molecule has 4 rings (SSSR count). The van der Waals surface area contributed by atoms with Crippen LogP contribution in [0, 0.1) is 6.92 Å². The van der Waals surface area contributed by atoms with Gasteiger partial charge in [0.1, 0.15) is 5.76 Å². The van der Waals surface area contributed by atoms with Gasteiger partial charge in [-0.2, -0.15) is 0 Å². The zero-order valence-electron chi connectivity index (χ0n) is 13.4. The number of likely N-dealkylation sites (tertiary alicyclic amines) is 1. The lowest BCUT2D eigenvalue weighted by molar-refractivity contribution is 0.192.